The van der Waals surface area contributed by atoms with E-state index in [1.54, 1.807) is 17.5 Å². The summed E-state index contributed by atoms with van der Waals surface area (Å²) in [6.07, 6.45) is -0.157. The molecule has 2 heterocycles. The summed E-state index contributed by atoms with van der Waals surface area (Å²) in [6.45, 7) is 0.280. The molecule has 0 spiro atoms. The van der Waals surface area contributed by atoms with Gasteiger partial charge in [0.05, 0.1) is 23.2 Å². The number of imide groups is 1. The van der Waals surface area contributed by atoms with Crippen molar-refractivity contribution < 1.29 is 24.0 Å². The van der Waals surface area contributed by atoms with Gasteiger partial charge in [-0.1, -0.05) is 35.4 Å². The lowest BCUT2D eigenvalue weighted by atomic mass is 10.1. The second-order valence-corrected chi connectivity index (χ2v) is 6.87. The highest BCUT2D eigenvalue weighted by Crippen LogP contribution is 2.23. The molecule has 1 aromatic heterocycles. The second-order valence-electron chi connectivity index (χ2n) is 5.92. The number of carbonyl (C=O) groups excluding carboxylic acids is 3. The van der Waals surface area contributed by atoms with Crippen molar-refractivity contribution in [3.8, 4) is 5.75 Å². The van der Waals surface area contributed by atoms with Crippen LogP contribution in [0.4, 0.5) is 0 Å². The van der Waals surface area contributed by atoms with Crippen molar-refractivity contribution >= 4 is 29.1 Å². The number of thiazole rings is 1. The number of amides is 2. The van der Waals surface area contributed by atoms with Crippen LogP contribution < -0.4 is 4.74 Å². The fourth-order valence-corrected chi connectivity index (χ4v) is 3.40. The van der Waals surface area contributed by atoms with Crippen LogP contribution in [0.25, 0.3) is 0 Å². The Hall–Kier alpha value is -3.52. The van der Waals surface area contributed by atoms with E-state index in [0.29, 0.717) is 15.8 Å². The summed E-state index contributed by atoms with van der Waals surface area (Å²) in [6, 6.07) is 15.6. The van der Waals surface area contributed by atoms with Gasteiger partial charge in [-0.05, 0) is 24.3 Å². The third kappa shape index (κ3) is 3.63. The standard InChI is InChI=1S/C20H14N2O5S/c23-18(27-22-19(24)15-8-4-5-9-16(15)20(22)25)10-13-12-28-17(21-13)11-26-14-6-2-1-3-7-14/h1-9,12H,10-11H2. The van der Waals surface area contributed by atoms with Crippen molar-refractivity contribution in [2.24, 2.45) is 0 Å². The predicted molar refractivity (Wildman–Crippen MR) is 99.6 cm³/mol. The number of rotatable bonds is 6. The van der Waals surface area contributed by atoms with E-state index in [4.69, 9.17) is 9.57 Å². The zero-order chi connectivity index (χ0) is 19.5. The van der Waals surface area contributed by atoms with Gasteiger partial charge in [-0.25, -0.2) is 9.78 Å². The summed E-state index contributed by atoms with van der Waals surface area (Å²) in [4.78, 5) is 45.9. The molecule has 8 heteroatoms. The number of nitrogens with zero attached hydrogens (tertiary/aromatic N) is 2. The van der Waals surface area contributed by atoms with Crippen LogP contribution in [0.5, 0.6) is 5.75 Å². The van der Waals surface area contributed by atoms with Gasteiger partial charge in [0.2, 0.25) is 0 Å². The summed E-state index contributed by atoms with van der Waals surface area (Å²) in [5, 5.41) is 2.92. The van der Waals surface area contributed by atoms with Crippen molar-refractivity contribution in [3.63, 3.8) is 0 Å². The van der Waals surface area contributed by atoms with Crippen LogP contribution >= 0.6 is 11.3 Å². The summed E-state index contributed by atoms with van der Waals surface area (Å²) in [5.74, 6) is -1.31. The Morgan fingerprint density at radius 1 is 0.964 bits per heavy atom. The molecule has 4 rings (SSSR count). The molecule has 0 unspecified atom stereocenters. The van der Waals surface area contributed by atoms with Crippen LogP contribution in [-0.2, 0) is 22.7 Å². The lowest BCUT2D eigenvalue weighted by molar-refractivity contribution is -0.167. The van der Waals surface area contributed by atoms with Crippen LogP contribution in [-0.4, -0.2) is 27.8 Å². The summed E-state index contributed by atoms with van der Waals surface area (Å²) < 4.78 is 5.62. The molecule has 0 radical (unpaired) electrons. The van der Waals surface area contributed by atoms with Gasteiger partial charge in [0.1, 0.15) is 17.4 Å². The Balaban J connectivity index is 1.34. The molecule has 0 fully saturated rings. The Morgan fingerprint density at radius 2 is 1.61 bits per heavy atom. The van der Waals surface area contributed by atoms with E-state index in [1.165, 1.54) is 23.5 Å². The van der Waals surface area contributed by atoms with Crippen LogP contribution in [0.2, 0.25) is 0 Å². The minimum Gasteiger partial charge on any atom is -0.486 e. The number of benzene rings is 2. The molecule has 0 saturated carbocycles. The quantitative estimate of drug-likeness (QED) is 0.598. The minimum absolute atomic E-state index is 0.157. The molecular weight excluding hydrogens is 380 g/mol. The maximum Gasteiger partial charge on any atom is 0.339 e. The second kappa shape index (κ2) is 7.61. The fourth-order valence-electron chi connectivity index (χ4n) is 2.69. The largest absolute Gasteiger partial charge is 0.486 e. The summed E-state index contributed by atoms with van der Waals surface area (Å²) in [7, 11) is 0. The number of carbonyl (C=O) groups is 3. The van der Waals surface area contributed by atoms with Gasteiger partial charge in [-0.2, -0.15) is 0 Å². The molecule has 0 saturated heterocycles. The zero-order valence-electron chi connectivity index (χ0n) is 14.5. The predicted octanol–water partition coefficient (Wildman–Crippen LogP) is 3.02. The molecule has 7 nitrogen and oxygen atoms in total. The zero-order valence-corrected chi connectivity index (χ0v) is 15.3. The van der Waals surface area contributed by atoms with Gasteiger partial charge < -0.3 is 9.57 Å². The Morgan fingerprint density at radius 3 is 2.29 bits per heavy atom. The lowest BCUT2D eigenvalue weighted by Gasteiger charge is -2.12. The smallest absolute Gasteiger partial charge is 0.339 e. The highest BCUT2D eigenvalue weighted by Gasteiger charge is 2.38. The molecule has 2 amide bonds. The van der Waals surface area contributed by atoms with Crippen molar-refractivity contribution in [2.45, 2.75) is 13.0 Å². The molecule has 0 atom stereocenters. The molecule has 1 aliphatic rings. The number of fused-ring (bicyclic) bond motifs is 1. The molecule has 1 aliphatic heterocycles. The van der Waals surface area contributed by atoms with Crippen LogP contribution in [0.3, 0.4) is 0 Å². The Labute approximate surface area is 164 Å². The molecule has 0 aliphatic carbocycles. The Kier molecular flexibility index (Phi) is 4.86. The molecule has 0 N–H and O–H groups in total. The first-order chi connectivity index (χ1) is 13.6. The molecule has 3 aromatic rings. The highest BCUT2D eigenvalue weighted by molar-refractivity contribution is 7.09. The first-order valence-electron chi connectivity index (χ1n) is 8.41. The molecule has 2 aromatic carbocycles. The maximum absolute atomic E-state index is 12.2. The van der Waals surface area contributed by atoms with Crippen molar-refractivity contribution in [1.82, 2.24) is 10.0 Å². The number of hydrogen-bond acceptors (Lipinski definition) is 7. The van der Waals surface area contributed by atoms with E-state index in [2.05, 4.69) is 4.98 Å². The van der Waals surface area contributed by atoms with Gasteiger partial charge >= 0.3 is 5.97 Å². The van der Waals surface area contributed by atoms with E-state index >= 15 is 0 Å². The highest BCUT2D eigenvalue weighted by atomic mass is 32.1. The number of ether oxygens (including phenoxy) is 1. The van der Waals surface area contributed by atoms with E-state index in [9.17, 15) is 14.4 Å². The number of hydroxylamine groups is 2. The van der Waals surface area contributed by atoms with Gasteiger partial charge in [-0.3, -0.25) is 9.59 Å². The van der Waals surface area contributed by atoms with Crippen LogP contribution in [0.1, 0.15) is 31.4 Å². The normalized spacial score (nSPS) is 12.8. The van der Waals surface area contributed by atoms with Gasteiger partial charge in [0.15, 0.2) is 0 Å². The maximum atomic E-state index is 12.2. The molecular formula is C20H14N2O5S. The summed E-state index contributed by atoms with van der Waals surface area (Å²) in [5.41, 5.74) is 0.918. The number of para-hydroxylation sites is 1. The fraction of sp³-hybridized carbons (Fsp3) is 0.100. The van der Waals surface area contributed by atoms with Crippen LogP contribution in [0.15, 0.2) is 60.0 Å². The average molecular weight is 394 g/mol. The first kappa shape index (κ1) is 17.9. The number of hydrogen-bond donors (Lipinski definition) is 0. The Bertz CT molecular complexity index is 1010. The third-order valence-corrected chi connectivity index (χ3v) is 4.85. The summed E-state index contributed by atoms with van der Waals surface area (Å²) >= 11 is 1.35. The van der Waals surface area contributed by atoms with E-state index < -0.39 is 17.8 Å². The van der Waals surface area contributed by atoms with Crippen molar-refractivity contribution in [1.29, 1.82) is 0 Å². The van der Waals surface area contributed by atoms with Crippen molar-refractivity contribution in [3.05, 3.63) is 81.8 Å². The first-order valence-corrected chi connectivity index (χ1v) is 9.29. The van der Waals surface area contributed by atoms with E-state index in [-0.39, 0.29) is 24.2 Å². The average Bonchev–Trinajstić information content (AvgIpc) is 3.26. The SMILES string of the molecule is O=C(Cc1csc(COc2ccccc2)n1)ON1C(=O)c2ccccc2C1=O. The van der Waals surface area contributed by atoms with Gasteiger partial charge in [0, 0.05) is 5.38 Å². The van der Waals surface area contributed by atoms with Gasteiger partial charge in [0.25, 0.3) is 11.8 Å². The van der Waals surface area contributed by atoms with E-state index in [1.807, 2.05) is 30.3 Å². The molecule has 0 bridgehead atoms. The number of aromatic nitrogens is 1. The van der Waals surface area contributed by atoms with Gasteiger partial charge in [-0.15, -0.1) is 11.3 Å². The molecule has 140 valence electrons. The minimum atomic E-state index is -0.740. The lowest BCUT2D eigenvalue weighted by Crippen LogP contribution is -2.33. The third-order valence-electron chi connectivity index (χ3n) is 3.98. The molecule has 28 heavy (non-hydrogen) atoms. The van der Waals surface area contributed by atoms with Crippen LogP contribution in [0, 0.1) is 0 Å². The van der Waals surface area contributed by atoms with Crippen molar-refractivity contribution in [2.75, 3.05) is 0 Å². The topological polar surface area (TPSA) is 85.8 Å². The van der Waals surface area contributed by atoms with E-state index in [0.717, 1.165) is 5.75 Å². The monoisotopic (exact) mass is 394 g/mol.